The van der Waals surface area contributed by atoms with Crippen LogP contribution < -0.4 is 0 Å². The number of nitrogens with zero attached hydrogens (tertiary/aromatic N) is 2. The zero-order valence-electron chi connectivity index (χ0n) is 8.22. The number of benzene rings is 1. The molecule has 0 fully saturated rings. The second kappa shape index (κ2) is 3.41. The Bertz CT molecular complexity index is 615. The third-order valence-corrected chi connectivity index (χ3v) is 2.24. The smallest absolute Gasteiger partial charge is 0.228 e. The van der Waals surface area contributed by atoms with E-state index in [1.54, 1.807) is 30.5 Å². The first-order valence-electron chi connectivity index (χ1n) is 4.80. The van der Waals surface area contributed by atoms with Crippen molar-refractivity contribution >= 4 is 11.2 Å². The van der Waals surface area contributed by atoms with Gasteiger partial charge in [0.15, 0.2) is 11.2 Å². The SMILES string of the molecule is Fc1cccc(-c2nc3ncccc3o2)c1. The zero-order valence-corrected chi connectivity index (χ0v) is 8.22. The Morgan fingerprint density at radius 2 is 2.06 bits per heavy atom. The molecule has 3 nitrogen and oxygen atoms in total. The van der Waals surface area contributed by atoms with Crippen LogP contribution in [0.5, 0.6) is 0 Å². The van der Waals surface area contributed by atoms with Gasteiger partial charge in [-0.25, -0.2) is 9.37 Å². The number of oxazole rings is 1. The largest absolute Gasteiger partial charge is 0.434 e. The lowest BCUT2D eigenvalue weighted by atomic mass is 10.2. The standard InChI is InChI=1S/C12H7FN2O/c13-9-4-1-3-8(7-9)12-15-11-10(16-12)5-2-6-14-11/h1-7H. The average Bonchev–Trinajstić information content (AvgIpc) is 2.72. The molecule has 0 saturated heterocycles. The molecule has 0 saturated carbocycles. The summed E-state index contributed by atoms with van der Waals surface area (Å²) < 4.78 is 18.5. The molecule has 0 aliphatic rings. The van der Waals surface area contributed by atoms with E-state index in [9.17, 15) is 4.39 Å². The molecule has 4 heteroatoms. The fraction of sp³-hybridized carbons (Fsp3) is 0. The van der Waals surface area contributed by atoms with Gasteiger partial charge in [0.1, 0.15) is 5.82 Å². The molecule has 0 radical (unpaired) electrons. The molecule has 0 aliphatic carbocycles. The second-order valence-electron chi connectivity index (χ2n) is 3.35. The summed E-state index contributed by atoms with van der Waals surface area (Å²) in [5, 5.41) is 0. The van der Waals surface area contributed by atoms with Crippen LogP contribution in [0.25, 0.3) is 22.7 Å². The Labute approximate surface area is 90.6 Å². The maximum Gasteiger partial charge on any atom is 0.228 e. The van der Waals surface area contributed by atoms with Crippen LogP contribution in [-0.4, -0.2) is 9.97 Å². The molecule has 0 spiro atoms. The monoisotopic (exact) mass is 214 g/mol. The number of pyridine rings is 1. The summed E-state index contributed by atoms with van der Waals surface area (Å²) in [7, 11) is 0. The van der Waals surface area contributed by atoms with Gasteiger partial charge in [-0.2, -0.15) is 4.98 Å². The van der Waals surface area contributed by atoms with E-state index in [4.69, 9.17) is 4.42 Å². The van der Waals surface area contributed by atoms with E-state index in [0.717, 1.165) is 0 Å². The topological polar surface area (TPSA) is 38.9 Å². The van der Waals surface area contributed by atoms with E-state index in [1.165, 1.54) is 12.1 Å². The van der Waals surface area contributed by atoms with Crippen molar-refractivity contribution in [3.05, 3.63) is 48.4 Å². The molecule has 3 rings (SSSR count). The Hall–Kier alpha value is -2.23. The van der Waals surface area contributed by atoms with Gasteiger partial charge in [-0.1, -0.05) is 6.07 Å². The number of hydrogen-bond acceptors (Lipinski definition) is 3. The first-order chi connectivity index (χ1) is 7.83. The van der Waals surface area contributed by atoms with Crippen LogP contribution in [0, 0.1) is 5.82 Å². The van der Waals surface area contributed by atoms with Gasteiger partial charge >= 0.3 is 0 Å². The van der Waals surface area contributed by atoms with Crippen LogP contribution in [0.3, 0.4) is 0 Å². The van der Waals surface area contributed by atoms with E-state index < -0.39 is 0 Å². The van der Waals surface area contributed by atoms with Crippen LogP contribution in [0.15, 0.2) is 47.0 Å². The fourth-order valence-electron chi connectivity index (χ4n) is 1.51. The van der Waals surface area contributed by atoms with Crippen molar-refractivity contribution in [1.29, 1.82) is 0 Å². The van der Waals surface area contributed by atoms with Gasteiger partial charge in [-0.05, 0) is 30.3 Å². The highest BCUT2D eigenvalue weighted by Gasteiger charge is 2.08. The second-order valence-corrected chi connectivity index (χ2v) is 3.35. The molecule has 0 amide bonds. The minimum Gasteiger partial charge on any atom is -0.434 e. The molecular weight excluding hydrogens is 207 g/mol. The van der Waals surface area contributed by atoms with Gasteiger partial charge in [0, 0.05) is 11.8 Å². The minimum atomic E-state index is -0.312. The maximum absolute atomic E-state index is 13.0. The predicted octanol–water partition coefficient (Wildman–Crippen LogP) is 3.03. The maximum atomic E-state index is 13.0. The molecule has 1 aromatic carbocycles. The third-order valence-electron chi connectivity index (χ3n) is 2.24. The van der Waals surface area contributed by atoms with E-state index in [2.05, 4.69) is 9.97 Å². The number of hydrogen-bond donors (Lipinski definition) is 0. The lowest BCUT2D eigenvalue weighted by Gasteiger charge is -1.93. The molecule has 0 bridgehead atoms. The predicted molar refractivity (Wildman–Crippen MR) is 57.2 cm³/mol. The average molecular weight is 214 g/mol. The van der Waals surface area contributed by atoms with Crippen molar-refractivity contribution < 1.29 is 8.81 Å². The van der Waals surface area contributed by atoms with Crippen molar-refractivity contribution in [2.24, 2.45) is 0 Å². The molecule has 78 valence electrons. The fourth-order valence-corrected chi connectivity index (χ4v) is 1.51. The Balaban J connectivity index is 2.19. The summed E-state index contributed by atoms with van der Waals surface area (Å²) in [5.41, 5.74) is 1.74. The van der Waals surface area contributed by atoms with Crippen LogP contribution in [-0.2, 0) is 0 Å². The zero-order chi connectivity index (χ0) is 11.0. The number of halogens is 1. The van der Waals surface area contributed by atoms with Gasteiger partial charge in [-0.15, -0.1) is 0 Å². The normalized spacial score (nSPS) is 10.8. The van der Waals surface area contributed by atoms with E-state index in [0.29, 0.717) is 22.7 Å². The summed E-state index contributed by atoms with van der Waals surface area (Å²) in [5.74, 6) is 0.0703. The number of fused-ring (bicyclic) bond motifs is 1. The molecule has 0 N–H and O–H groups in total. The highest BCUT2D eigenvalue weighted by atomic mass is 19.1. The molecule has 0 unspecified atom stereocenters. The van der Waals surface area contributed by atoms with Crippen molar-refractivity contribution in [1.82, 2.24) is 9.97 Å². The lowest BCUT2D eigenvalue weighted by Crippen LogP contribution is -1.79. The van der Waals surface area contributed by atoms with E-state index in [-0.39, 0.29) is 5.82 Å². The van der Waals surface area contributed by atoms with Gasteiger partial charge in [0.05, 0.1) is 0 Å². The van der Waals surface area contributed by atoms with Gasteiger partial charge < -0.3 is 4.42 Å². The van der Waals surface area contributed by atoms with Gasteiger partial charge in [0.2, 0.25) is 5.89 Å². The minimum absolute atomic E-state index is 0.312. The van der Waals surface area contributed by atoms with Crippen LogP contribution in [0.2, 0.25) is 0 Å². The van der Waals surface area contributed by atoms with Crippen molar-refractivity contribution in [2.45, 2.75) is 0 Å². The molecule has 16 heavy (non-hydrogen) atoms. The quantitative estimate of drug-likeness (QED) is 0.625. The molecule has 2 aromatic heterocycles. The third kappa shape index (κ3) is 1.44. The first kappa shape index (κ1) is 9.03. The summed E-state index contributed by atoms with van der Waals surface area (Å²) in [6.45, 7) is 0. The summed E-state index contributed by atoms with van der Waals surface area (Å²) >= 11 is 0. The Morgan fingerprint density at radius 3 is 2.88 bits per heavy atom. The van der Waals surface area contributed by atoms with E-state index >= 15 is 0 Å². The summed E-state index contributed by atoms with van der Waals surface area (Å²) in [6.07, 6.45) is 1.64. The number of aromatic nitrogens is 2. The Morgan fingerprint density at radius 1 is 1.12 bits per heavy atom. The van der Waals surface area contributed by atoms with Crippen LogP contribution >= 0.6 is 0 Å². The van der Waals surface area contributed by atoms with Gasteiger partial charge in [-0.3, -0.25) is 0 Å². The molecular formula is C12H7FN2O. The molecule has 0 atom stereocenters. The highest BCUT2D eigenvalue weighted by Crippen LogP contribution is 2.23. The van der Waals surface area contributed by atoms with E-state index in [1.807, 2.05) is 0 Å². The molecule has 3 aromatic rings. The van der Waals surface area contributed by atoms with Crippen molar-refractivity contribution in [3.8, 4) is 11.5 Å². The molecule has 2 heterocycles. The highest BCUT2D eigenvalue weighted by molar-refractivity contribution is 5.71. The lowest BCUT2D eigenvalue weighted by molar-refractivity contribution is 0.611. The van der Waals surface area contributed by atoms with Gasteiger partial charge in [0.25, 0.3) is 0 Å². The summed E-state index contributed by atoms with van der Waals surface area (Å²) in [4.78, 5) is 8.23. The van der Waals surface area contributed by atoms with Crippen molar-refractivity contribution in [2.75, 3.05) is 0 Å². The van der Waals surface area contributed by atoms with Crippen LogP contribution in [0.1, 0.15) is 0 Å². The summed E-state index contributed by atoms with van der Waals surface area (Å²) in [6, 6.07) is 9.66. The van der Waals surface area contributed by atoms with Crippen molar-refractivity contribution in [3.63, 3.8) is 0 Å². The Kier molecular flexibility index (Phi) is 1.93. The number of rotatable bonds is 1. The first-order valence-corrected chi connectivity index (χ1v) is 4.80. The molecule has 0 aliphatic heterocycles. The van der Waals surface area contributed by atoms with Crippen LogP contribution in [0.4, 0.5) is 4.39 Å².